The average molecular weight is 582 g/mol. The predicted molar refractivity (Wildman–Crippen MR) is 140 cm³/mol. The number of benzene rings is 1. The molecule has 2 fully saturated rings. The monoisotopic (exact) mass is 580 g/mol. The normalized spacial score (nSPS) is 21.2. The van der Waals surface area contributed by atoms with E-state index in [0.717, 1.165) is 43.9 Å². The van der Waals surface area contributed by atoms with E-state index in [1.54, 1.807) is 18.2 Å². The number of nitrogens with zero attached hydrogens (tertiary/aromatic N) is 3. The van der Waals surface area contributed by atoms with Crippen molar-refractivity contribution in [2.24, 2.45) is 5.41 Å². The summed E-state index contributed by atoms with van der Waals surface area (Å²) in [4.78, 5) is 10.4. The minimum atomic E-state index is -4.68. The molecule has 2 heterocycles. The van der Waals surface area contributed by atoms with E-state index in [1.807, 2.05) is 25.7 Å². The molecule has 2 atom stereocenters. The first-order chi connectivity index (χ1) is 16.8. The summed E-state index contributed by atoms with van der Waals surface area (Å²) in [6.07, 6.45) is 1.34. The number of piperidine rings is 1. The Morgan fingerprint density at radius 3 is 2.50 bits per heavy atom. The van der Waals surface area contributed by atoms with Crippen LogP contribution in [0.25, 0.3) is 0 Å². The highest BCUT2D eigenvalue weighted by molar-refractivity contribution is 7.99. The maximum absolute atomic E-state index is 14.0. The second-order valence-electron chi connectivity index (χ2n) is 10.3. The quantitative estimate of drug-likeness (QED) is 0.407. The lowest BCUT2D eigenvalue weighted by atomic mass is 9.74. The largest absolute Gasteiger partial charge is 0.436 e. The van der Waals surface area contributed by atoms with Gasteiger partial charge in [0.05, 0.1) is 32.0 Å². The van der Waals surface area contributed by atoms with Gasteiger partial charge in [0, 0.05) is 24.0 Å². The van der Waals surface area contributed by atoms with Crippen LogP contribution in [0.5, 0.6) is 0 Å². The van der Waals surface area contributed by atoms with Crippen molar-refractivity contribution < 1.29 is 17.4 Å². The number of hydrogen-bond acceptors (Lipinski definition) is 5. The van der Waals surface area contributed by atoms with Crippen LogP contribution in [-0.2, 0) is 17.2 Å². The standard InChI is InChI=1S/C24H29Cl2F3N4OS2/c1-22(2,3)36(34)32-17-8-5-9-23(17)10-12-33(13-11-23)18-14-30-21(20(31-18)24(27,28)29)35-16-7-4-6-15(25)19(16)26/h4,6-7,14,17,32H,5,8-13H2,1-3H3/t17-,36-/m1/s1. The van der Waals surface area contributed by atoms with Gasteiger partial charge in [-0.3, -0.25) is 0 Å². The molecule has 1 aliphatic carbocycles. The summed E-state index contributed by atoms with van der Waals surface area (Å²) in [6, 6.07) is 4.93. The fourth-order valence-electron chi connectivity index (χ4n) is 4.86. The van der Waals surface area contributed by atoms with Gasteiger partial charge in [0.25, 0.3) is 0 Å². The molecule has 1 saturated heterocycles. The molecular formula is C24H29Cl2F3N4OS2. The molecule has 0 unspecified atom stereocenters. The minimum absolute atomic E-state index is 0.00316. The van der Waals surface area contributed by atoms with E-state index in [2.05, 4.69) is 14.7 Å². The molecule has 1 aromatic heterocycles. The molecule has 198 valence electrons. The van der Waals surface area contributed by atoms with Crippen LogP contribution in [0.3, 0.4) is 0 Å². The highest BCUT2D eigenvalue weighted by atomic mass is 35.5. The van der Waals surface area contributed by atoms with Crippen molar-refractivity contribution in [1.82, 2.24) is 14.7 Å². The van der Waals surface area contributed by atoms with E-state index in [9.17, 15) is 17.4 Å². The molecule has 4 rings (SSSR count). The zero-order chi connectivity index (χ0) is 26.3. The summed E-state index contributed by atoms with van der Waals surface area (Å²) < 4.78 is 57.6. The van der Waals surface area contributed by atoms with Crippen LogP contribution in [0, 0.1) is 5.41 Å². The Kier molecular flexibility index (Phi) is 8.23. The summed E-state index contributed by atoms with van der Waals surface area (Å²) in [5.74, 6) is 0.208. The Labute approximate surface area is 226 Å². The lowest BCUT2D eigenvalue weighted by molar-refractivity contribution is -0.143. The van der Waals surface area contributed by atoms with Crippen molar-refractivity contribution in [3.05, 3.63) is 40.1 Å². The van der Waals surface area contributed by atoms with Crippen LogP contribution >= 0.6 is 35.0 Å². The summed E-state index contributed by atoms with van der Waals surface area (Å²) in [6.45, 7) is 6.97. The molecule has 0 radical (unpaired) electrons. The second kappa shape index (κ2) is 10.6. The highest BCUT2D eigenvalue weighted by Gasteiger charge is 2.46. The topological polar surface area (TPSA) is 58.1 Å². The van der Waals surface area contributed by atoms with Crippen LogP contribution in [0.1, 0.15) is 58.6 Å². The predicted octanol–water partition coefficient (Wildman–Crippen LogP) is 7.14. The van der Waals surface area contributed by atoms with E-state index < -0.39 is 22.9 Å². The van der Waals surface area contributed by atoms with Gasteiger partial charge in [0.15, 0.2) is 5.69 Å². The van der Waals surface area contributed by atoms with Crippen LogP contribution in [0.2, 0.25) is 10.0 Å². The first-order valence-electron chi connectivity index (χ1n) is 11.8. The van der Waals surface area contributed by atoms with Crippen LogP contribution in [0.15, 0.2) is 34.3 Å². The first-order valence-corrected chi connectivity index (χ1v) is 14.5. The van der Waals surface area contributed by atoms with Crippen molar-refractivity contribution in [1.29, 1.82) is 0 Å². The van der Waals surface area contributed by atoms with E-state index in [0.29, 0.717) is 18.0 Å². The fourth-order valence-corrected chi connectivity index (χ4v) is 7.23. The molecule has 0 amide bonds. The second-order valence-corrected chi connectivity index (χ2v) is 14.1. The lowest BCUT2D eigenvalue weighted by Gasteiger charge is -2.44. The average Bonchev–Trinajstić information content (AvgIpc) is 3.17. The smallest absolute Gasteiger partial charge is 0.355 e. The van der Waals surface area contributed by atoms with E-state index in [1.165, 1.54) is 6.20 Å². The number of anilines is 1. The summed E-state index contributed by atoms with van der Waals surface area (Å²) in [5, 5.41) is 0.165. The molecule has 1 saturated carbocycles. The SMILES string of the molecule is CC(C)(C)[S@@](=O)N[C@@H]1CCCC12CCN(c1cnc(Sc3cccc(Cl)c3Cl)c(C(F)(F)F)n1)CC2. The van der Waals surface area contributed by atoms with Gasteiger partial charge in [-0.1, -0.05) is 47.5 Å². The first kappa shape index (κ1) is 28.0. The molecule has 1 N–H and O–H groups in total. The lowest BCUT2D eigenvalue weighted by Crippen LogP contribution is -2.51. The molecule has 2 aliphatic rings. The zero-order valence-corrected chi connectivity index (χ0v) is 23.4. The molecule has 1 aliphatic heterocycles. The van der Waals surface area contributed by atoms with Gasteiger partial charge in [-0.15, -0.1) is 0 Å². The van der Waals surface area contributed by atoms with Gasteiger partial charge in [0.2, 0.25) is 0 Å². The molecular weight excluding hydrogens is 552 g/mol. The Bertz CT molecular complexity index is 1140. The van der Waals surface area contributed by atoms with Gasteiger partial charge >= 0.3 is 6.18 Å². The summed E-state index contributed by atoms with van der Waals surface area (Å²) >= 11 is 13.0. The van der Waals surface area contributed by atoms with Crippen molar-refractivity contribution in [3.8, 4) is 0 Å². The molecule has 12 heteroatoms. The van der Waals surface area contributed by atoms with E-state index in [-0.39, 0.29) is 37.1 Å². The van der Waals surface area contributed by atoms with E-state index >= 15 is 0 Å². The maximum atomic E-state index is 14.0. The number of halogens is 5. The fraction of sp³-hybridized carbons (Fsp3) is 0.583. The number of aromatic nitrogens is 2. The van der Waals surface area contributed by atoms with Gasteiger partial charge in [0.1, 0.15) is 10.8 Å². The van der Waals surface area contributed by atoms with Gasteiger partial charge in [-0.05, 0) is 64.0 Å². The minimum Gasteiger partial charge on any atom is -0.355 e. The molecule has 5 nitrogen and oxygen atoms in total. The van der Waals surface area contributed by atoms with Crippen molar-refractivity contribution in [2.75, 3.05) is 18.0 Å². The van der Waals surface area contributed by atoms with Crippen molar-refractivity contribution in [3.63, 3.8) is 0 Å². The Hall–Kier alpha value is -1.07. The van der Waals surface area contributed by atoms with Gasteiger partial charge in [-0.2, -0.15) is 13.2 Å². The molecule has 2 aromatic rings. The van der Waals surface area contributed by atoms with Gasteiger partial charge in [-0.25, -0.2) is 18.9 Å². The Balaban J connectivity index is 1.52. The van der Waals surface area contributed by atoms with Crippen LogP contribution < -0.4 is 9.62 Å². The van der Waals surface area contributed by atoms with E-state index in [4.69, 9.17) is 23.2 Å². The van der Waals surface area contributed by atoms with Gasteiger partial charge < -0.3 is 4.90 Å². The zero-order valence-electron chi connectivity index (χ0n) is 20.3. The van der Waals surface area contributed by atoms with Crippen LogP contribution in [-0.4, -0.2) is 38.1 Å². The number of rotatable bonds is 5. The number of alkyl halides is 3. The van der Waals surface area contributed by atoms with Crippen molar-refractivity contribution >= 4 is 51.8 Å². The number of nitrogens with one attached hydrogen (secondary N) is 1. The highest BCUT2D eigenvalue weighted by Crippen LogP contribution is 2.48. The third-order valence-electron chi connectivity index (χ3n) is 6.91. The Morgan fingerprint density at radius 1 is 1.17 bits per heavy atom. The Morgan fingerprint density at radius 2 is 1.86 bits per heavy atom. The third-order valence-corrected chi connectivity index (χ3v) is 10.5. The molecule has 36 heavy (non-hydrogen) atoms. The molecule has 0 bridgehead atoms. The third kappa shape index (κ3) is 5.98. The number of hydrogen-bond donors (Lipinski definition) is 1. The van der Waals surface area contributed by atoms with Crippen molar-refractivity contribution in [2.45, 2.75) is 79.8 Å². The maximum Gasteiger partial charge on any atom is 0.436 e. The molecule has 1 spiro atoms. The van der Waals surface area contributed by atoms with Crippen LogP contribution in [0.4, 0.5) is 19.0 Å². The summed E-state index contributed by atoms with van der Waals surface area (Å²) in [7, 11) is -1.17. The summed E-state index contributed by atoms with van der Waals surface area (Å²) in [5.41, 5.74) is -1.04. The molecule has 1 aromatic carbocycles.